The number of rotatable bonds is 9. The third-order valence-electron chi connectivity index (χ3n) is 3.18. The summed E-state index contributed by atoms with van der Waals surface area (Å²) in [5, 5.41) is 49.3. The van der Waals surface area contributed by atoms with E-state index in [9.17, 15) is 25.2 Å². The fourth-order valence-electron chi connectivity index (χ4n) is 1.99. The van der Waals surface area contributed by atoms with E-state index in [1.807, 2.05) is 0 Å². The van der Waals surface area contributed by atoms with Crippen LogP contribution in [0.4, 0.5) is 0 Å². The van der Waals surface area contributed by atoms with Crippen molar-refractivity contribution in [3.05, 3.63) is 25.3 Å². The third-order valence-corrected chi connectivity index (χ3v) is 3.18. The van der Waals surface area contributed by atoms with Crippen LogP contribution in [0.15, 0.2) is 25.3 Å². The van der Waals surface area contributed by atoms with Gasteiger partial charge in [-0.05, 0) is 6.42 Å². The van der Waals surface area contributed by atoms with Crippen LogP contribution in [0.1, 0.15) is 12.8 Å². The number of esters is 1. The second kappa shape index (κ2) is 7.51. The summed E-state index contributed by atoms with van der Waals surface area (Å²) < 4.78 is 4.44. The van der Waals surface area contributed by atoms with Gasteiger partial charge in [0.05, 0.1) is 13.7 Å². The van der Waals surface area contributed by atoms with Crippen molar-refractivity contribution in [2.24, 2.45) is 0 Å². The van der Waals surface area contributed by atoms with Crippen LogP contribution < -0.4 is 0 Å². The molecule has 7 nitrogen and oxygen atoms in total. The molecule has 4 atom stereocenters. The molecule has 0 aromatic heterocycles. The van der Waals surface area contributed by atoms with Crippen molar-refractivity contribution in [3.8, 4) is 0 Å². The van der Waals surface area contributed by atoms with E-state index in [2.05, 4.69) is 17.9 Å². The highest BCUT2D eigenvalue weighted by Gasteiger charge is 2.59. The summed E-state index contributed by atoms with van der Waals surface area (Å²) >= 11 is 0. The molecule has 0 saturated heterocycles. The molecule has 7 heteroatoms. The first kappa shape index (κ1) is 18.8. The molecule has 0 aromatic carbocycles. The zero-order valence-electron chi connectivity index (χ0n) is 11.4. The average Bonchev–Trinajstić information content (AvgIpc) is 2.44. The Bertz CT molecular complexity index is 357. The van der Waals surface area contributed by atoms with Gasteiger partial charge >= 0.3 is 5.97 Å². The van der Waals surface area contributed by atoms with Crippen molar-refractivity contribution < 1.29 is 35.1 Å². The van der Waals surface area contributed by atoms with Crippen molar-refractivity contribution in [3.63, 3.8) is 0 Å². The van der Waals surface area contributed by atoms with E-state index in [0.29, 0.717) is 0 Å². The predicted molar refractivity (Wildman–Crippen MR) is 70.6 cm³/mol. The maximum atomic E-state index is 11.8. The number of ether oxygens (including phenoxy) is 1. The Morgan fingerprint density at radius 1 is 1.25 bits per heavy atom. The zero-order chi connectivity index (χ0) is 16.0. The highest BCUT2D eigenvalue weighted by Crippen LogP contribution is 2.35. The third kappa shape index (κ3) is 3.25. The van der Waals surface area contributed by atoms with Crippen molar-refractivity contribution in [2.75, 3.05) is 13.7 Å². The van der Waals surface area contributed by atoms with Gasteiger partial charge in [-0.3, -0.25) is 0 Å². The number of hydrogen-bond donors (Lipinski definition) is 5. The summed E-state index contributed by atoms with van der Waals surface area (Å²) in [7, 11) is 1.000. The van der Waals surface area contributed by atoms with Crippen molar-refractivity contribution >= 4 is 5.97 Å². The van der Waals surface area contributed by atoms with Gasteiger partial charge in [-0.2, -0.15) is 0 Å². The number of hydrogen-bond acceptors (Lipinski definition) is 7. The molecule has 0 fully saturated rings. The molecule has 0 aromatic rings. The molecule has 4 unspecified atom stereocenters. The first-order chi connectivity index (χ1) is 9.24. The Kier molecular flexibility index (Phi) is 7.04. The highest BCUT2D eigenvalue weighted by atomic mass is 16.5. The molecular weight excluding hydrogens is 268 g/mol. The predicted octanol–water partition coefficient (Wildman–Crippen LogP) is -1.51. The lowest BCUT2D eigenvalue weighted by atomic mass is 9.72. The Morgan fingerprint density at radius 2 is 1.75 bits per heavy atom. The molecule has 0 radical (unpaired) electrons. The Morgan fingerprint density at radius 3 is 2.10 bits per heavy atom. The van der Waals surface area contributed by atoms with Crippen LogP contribution in [0.2, 0.25) is 0 Å². The molecule has 0 saturated carbocycles. The molecule has 0 spiro atoms. The molecule has 20 heavy (non-hydrogen) atoms. The number of methoxy groups -OCH3 is 1. The number of aliphatic hydroxyl groups is 5. The van der Waals surface area contributed by atoms with Crippen LogP contribution in [0.5, 0.6) is 0 Å². The van der Waals surface area contributed by atoms with Gasteiger partial charge in [0.2, 0.25) is 0 Å². The van der Waals surface area contributed by atoms with Gasteiger partial charge < -0.3 is 30.3 Å². The molecule has 5 N–H and O–H groups in total. The molecule has 0 aliphatic heterocycles. The van der Waals surface area contributed by atoms with Crippen LogP contribution in [0, 0.1) is 0 Å². The molecule has 0 amide bonds. The molecule has 0 rings (SSSR count). The van der Waals surface area contributed by atoms with Crippen LogP contribution in [0.3, 0.4) is 0 Å². The largest absolute Gasteiger partial charge is 0.467 e. The Hall–Kier alpha value is -1.25. The molecule has 0 heterocycles. The van der Waals surface area contributed by atoms with Crippen molar-refractivity contribution in [2.45, 2.75) is 36.3 Å². The van der Waals surface area contributed by atoms with E-state index < -0.39 is 48.8 Å². The second-order valence-electron chi connectivity index (χ2n) is 4.46. The van der Waals surface area contributed by atoms with Gasteiger partial charge in [0.25, 0.3) is 0 Å². The Labute approximate surface area is 117 Å². The van der Waals surface area contributed by atoms with Gasteiger partial charge in [-0.1, -0.05) is 12.2 Å². The summed E-state index contributed by atoms with van der Waals surface area (Å²) in [5.41, 5.74) is -5.05. The molecule has 116 valence electrons. The molecule has 0 aliphatic rings. The van der Waals surface area contributed by atoms with Crippen LogP contribution >= 0.6 is 0 Å². The van der Waals surface area contributed by atoms with Crippen molar-refractivity contribution in [1.29, 1.82) is 0 Å². The van der Waals surface area contributed by atoms with E-state index in [0.717, 1.165) is 19.3 Å². The first-order valence-electron chi connectivity index (χ1n) is 5.97. The molecule has 0 aliphatic carbocycles. The van der Waals surface area contributed by atoms with Gasteiger partial charge in [-0.15, -0.1) is 13.2 Å². The van der Waals surface area contributed by atoms with E-state index in [1.54, 1.807) is 0 Å². The SMILES string of the molecule is C=CCC(O)(C(=O)OC)C(O)(CC=C)C(O)C(O)CO. The monoisotopic (exact) mass is 290 g/mol. The lowest BCUT2D eigenvalue weighted by Crippen LogP contribution is -2.67. The fourth-order valence-corrected chi connectivity index (χ4v) is 1.99. The summed E-state index contributed by atoms with van der Waals surface area (Å²) in [4.78, 5) is 11.8. The quantitative estimate of drug-likeness (QED) is 0.258. The second-order valence-corrected chi connectivity index (χ2v) is 4.46. The number of aliphatic hydroxyl groups excluding tert-OH is 3. The van der Waals surface area contributed by atoms with E-state index >= 15 is 0 Å². The van der Waals surface area contributed by atoms with Crippen LogP contribution in [0.25, 0.3) is 0 Å². The fraction of sp³-hybridized carbons (Fsp3) is 0.615. The minimum absolute atomic E-state index is 0.426. The summed E-state index contributed by atoms with van der Waals surface area (Å²) in [6.45, 7) is 5.86. The summed E-state index contributed by atoms with van der Waals surface area (Å²) in [6.07, 6.45) is -2.31. The minimum Gasteiger partial charge on any atom is -0.467 e. The Balaban J connectivity index is 5.85. The lowest BCUT2D eigenvalue weighted by molar-refractivity contribution is -0.233. The van der Waals surface area contributed by atoms with E-state index in [1.165, 1.54) is 0 Å². The number of carbonyl (C=O) groups excluding carboxylic acids is 1. The van der Waals surface area contributed by atoms with Gasteiger partial charge in [0.15, 0.2) is 5.60 Å². The normalized spacial score (nSPS) is 20.1. The maximum absolute atomic E-state index is 11.8. The van der Waals surface area contributed by atoms with Crippen molar-refractivity contribution in [1.82, 2.24) is 0 Å². The average molecular weight is 290 g/mol. The van der Waals surface area contributed by atoms with Crippen LogP contribution in [-0.2, 0) is 9.53 Å². The standard InChI is InChI=1S/C13H22O7/c1-4-6-12(18,10(16)9(15)8-14)13(19,7-5-2)11(17)20-3/h4-5,9-10,14-16,18-19H,1-2,6-8H2,3H3. The highest BCUT2D eigenvalue weighted by molar-refractivity contribution is 5.81. The van der Waals surface area contributed by atoms with Gasteiger partial charge in [0, 0.05) is 6.42 Å². The van der Waals surface area contributed by atoms with Crippen LogP contribution in [-0.4, -0.2) is 68.6 Å². The molecular formula is C13H22O7. The van der Waals surface area contributed by atoms with Gasteiger partial charge in [-0.25, -0.2) is 4.79 Å². The lowest BCUT2D eigenvalue weighted by Gasteiger charge is -2.44. The van der Waals surface area contributed by atoms with Gasteiger partial charge in [0.1, 0.15) is 17.8 Å². The van der Waals surface area contributed by atoms with E-state index in [-0.39, 0.29) is 0 Å². The van der Waals surface area contributed by atoms with E-state index in [4.69, 9.17) is 5.11 Å². The zero-order valence-corrected chi connectivity index (χ0v) is 11.4. The first-order valence-corrected chi connectivity index (χ1v) is 5.97. The minimum atomic E-state index is -2.55. The number of carbonyl (C=O) groups is 1. The molecule has 0 bridgehead atoms. The summed E-state index contributed by atoms with van der Waals surface area (Å²) in [6, 6.07) is 0. The smallest absolute Gasteiger partial charge is 0.341 e. The summed E-state index contributed by atoms with van der Waals surface area (Å²) in [5.74, 6) is -1.20. The topological polar surface area (TPSA) is 127 Å². The maximum Gasteiger partial charge on any atom is 0.341 e.